The van der Waals surface area contributed by atoms with Gasteiger partial charge in [-0.3, -0.25) is 9.59 Å². The van der Waals surface area contributed by atoms with Gasteiger partial charge in [0.25, 0.3) is 0 Å². The first-order valence-corrected chi connectivity index (χ1v) is 14.7. The van der Waals surface area contributed by atoms with Crippen LogP contribution in [0.2, 0.25) is 0 Å². The molecule has 0 spiro atoms. The Kier molecular flexibility index (Phi) is 11.2. The number of hydrogen-bond acceptors (Lipinski definition) is 8. The molecule has 2 aliphatic rings. The number of aliphatic hydroxyl groups excluding tert-OH is 3. The number of nitrogens with one attached hydrogen (secondary N) is 1. The van der Waals surface area contributed by atoms with E-state index >= 15 is 0 Å². The molecule has 2 amide bonds. The van der Waals surface area contributed by atoms with E-state index in [1.54, 1.807) is 30.2 Å². The van der Waals surface area contributed by atoms with E-state index in [1.807, 2.05) is 30.3 Å². The number of ether oxygens (including phenoxy) is 3. The zero-order chi connectivity index (χ0) is 30.9. The molecule has 1 aliphatic carbocycles. The molecule has 4 unspecified atom stereocenters. The van der Waals surface area contributed by atoms with Gasteiger partial charge in [0, 0.05) is 30.6 Å². The van der Waals surface area contributed by atoms with Gasteiger partial charge < -0.3 is 39.7 Å². The lowest BCUT2D eigenvalue weighted by Crippen LogP contribution is -2.56. The Morgan fingerprint density at radius 1 is 1.12 bits per heavy atom. The summed E-state index contributed by atoms with van der Waals surface area (Å²) in [6.07, 6.45) is 4.39. The number of rotatable bonds is 15. The van der Waals surface area contributed by atoms with E-state index in [0.29, 0.717) is 46.8 Å². The standard InChI is InChI=1S/C33H42N2O8/c1-4-5-6-7-12-28(38)35(15-13-22-10-8-9-11-26(22)41-2)25-19-24(33(40)34-14-16-36)29-23-17-21(20-37)18-27(42-3)31(23)43-32(29)30(25)39/h4,8-11,17-19,25,29-30,32,36-37,39H,1,5-7,12-16,20H2,2-3H3,(H,34,40). The molecule has 0 bridgehead atoms. The van der Waals surface area contributed by atoms with Crippen molar-refractivity contribution in [3.8, 4) is 17.2 Å². The highest BCUT2D eigenvalue weighted by Crippen LogP contribution is 2.51. The van der Waals surface area contributed by atoms with E-state index in [0.717, 1.165) is 18.4 Å². The van der Waals surface area contributed by atoms with Crippen molar-refractivity contribution in [3.63, 3.8) is 0 Å². The number of amides is 2. The zero-order valence-electron chi connectivity index (χ0n) is 24.8. The topological polar surface area (TPSA) is 138 Å². The lowest BCUT2D eigenvalue weighted by molar-refractivity contribution is -0.137. The number of hydrogen-bond donors (Lipinski definition) is 4. The molecule has 2 aromatic rings. The van der Waals surface area contributed by atoms with Crippen LogP contribution in [0.1, 0.15) is 48.3 Å². The van der Waals surface area contributed by atoms with E-state index in [-0.39, 0.29) is 38.6 Å². The van der Waals surface area contributed by atoms with Crippen LogP contribution in [-0.4, -0.2) is 84.2 Å². The van der Waals surface area contributed by atoms with Crippen molar-refractivity contribution >= 4 is 11.8 Å². The minimum absolute atomic E-state index is 0.0360. The fraction of sp³-hybridized carbons (Fsp3) is 0.455. The fourth-order valence-corrected chi connectivity index (χ4v) is 5.92. The van der Waals surface area contributed by atoms with Gasteiger partial charge in [-0.2, -0.15) is 0 Å². The second kappa shape index (κ2) is 15.0. The number of benzene rings is 2. The molecule has 0 saturated carbocycles. The third kappa shape index (κ3) is 7.04. The normalized spacial score (nSPS) is 20.3. The summed E-state index contributed by atoms with van der Waals surface area (Å²) in [5.74, 6) is 0.190. The number of unbranched alkanes of at least 4 members (excludes halogenated alkanes) is 2. The molecule has 1 aliphatic heterocycles. The Morgan fingerprint density at radius 2 is 1.88 bits per heavy atom. The Balaban J connectivity index is 1.75. The molecule has 0 saturated heterocycles. The number of allylic oxidation sites excluding steroid dienone is 1. The molecule has 2 aromatic carbocycles. The molecule has 0 aromatic heterocycles. The number of nitrogens with zero attached hydrogens (tertiary/aromatic N) is 1. The summed E-state index contributed by atoms with van der Waals surface area (Å²) in [5, 5.41) is 33.8. The maximum Gasteiger partial charge on any atom is 0.247 e. The Hall–Kier alpha value is -3.86. The first-order valence-electron chi connectivity index (χ1n) is 14.7. The SMILES string of the molecule is C=CCCCCC(=O)N(CCc1ccccc1OC)C1C=C(C(=O)NCCO)C2c3cc(CO)cc(OC)c3OC2C1O. The molecule has 4 rings (SSSR count). The Labute approximate surface area is 252 Å². The average Bonchev–Trinajstić information content (AvgIpc) is 3.42. The highest BCUT2D eigenvalue weighted by Gasteiger charge is 2.51. The van der Waals surface area contributed by atoms with Crippen molar-refractivity contribution in [2.45, 2.75) is 62.9 Å². The quantitative estimate of drug-likeness (QED) is 0.183. The number of fused-ring (bicyclic) bond motifs is 3. The van der Waals surface area contributed by atoms with Crippen LogP contribution in [-0.2, 0) is 22.6 Å². The van der Waals surface area contributed by atoms with Gasteiger partial charge in [-0.15, -0.1) is 6.58 Å². The van der Waals surface area contributed by atoms with Crippen molar-refractivity contribution in [1.29, 1.82) is 0 Å². The van der Waals surface area contributed by atoms with Gasteiger partial charge in [0.05, 0.1) is 39.4 Å². The summed E-state index contributed by atoms with van der Waals surface area (Å²) in [4.78, 5) is 28.9. The molecule has 10 heteroatoms. The maximum absolute atomic E-state index is 13.8. The van der Waals surface area contributed by atoms with Crippen LogP contribution in [0.5, 0.6) is 17.2 Å². The van der Waals surface area contributed by atoms with Crippen LogP contribution in [0.4, 0.5) is 0 Å². The average molecular weight is 595 g/mol. The lowest BCUT2D eigenvalue weighted by atomic mass is 9.77. The van der Waals surface area contributed by atoms with Crippen molar-refractivity contribution in [2.75, 3.05) is 33.9 Å². The zero-order valence-corrected chi connectivity index (χ0v) is 24.8. The maximum atomic E-state index is 13.8. The summed E-state index contributed by atoms with van der Waals surface area (Å²) in [7, 11) is 3.08. The summed E-state index contributed by atoms with van der Waals surface area (Å²) in [6, 6.07) is 10.1. The molecule has 0 fully saturated rings. The van der Waals surface area contributed by atoms with E-state index < -0.39 is 30.1 Å². The van der Waals surface area contributed by atoms with Crippen molar-refractivity contribution in [3.05, 3.63) is 77.4 Å². The molecular weight excluding hydrogens is 552 g/mol. The smallest absolute Gasteiger partial charge is 0.247 e. The Bertz CT molecular complexity index is 1330. The van der Waals surface area contributed by atoms with Gasteiger partial charge in [-0.1, -0.05) is 24.3 Å². The van der Waals surface area contributed by atoms with Crippen LogP contribution >= 0.6 is 0 Å². The summed E-state index contributed by atoms with van der Waals surface area (Å²) in [5.41, 5.74) is 2.40. The van der Waals surface area contributed by atoms with Crippen molar-refractivity contribution in [1.82, 2.24) is 10.2 Å². The van der Waals surface area contributed by atoms with E-state index in [1.165, 1.54) is 7.11 Å². The molecule has 43 heavy (non-hydrogen) atoms. The second-order valence-electron chi connectivity index (χ2n) is 10.7. The largest absolute Gasteiger partial charge is 0.496 e. The molecular formula is C33H42N2O8. The number of carbonyl (C=O) groups excluding carboxylic acids is 2. The number of para-hydroxylation sites is 1. The molecule has 0 radical (unpaired) electrons. The summed E-state index contributed by atoms with van der Waals surface area (Å²) >= 11 is 0. The van der Waals surface area contributed by atoms with Gasteiger partial charge in [-0.25, -0.2) is 0 Å². The number of methoxy groups -OCH3 is 2. The van der Waals surface area contributed by atoms with Crippen LogP contribution in [0.25, 0.3) is 0 Å². The van der Waals surface area contributed by atoms with Gasteiger partial charge in [0.1, 0.15) is 18.0 Å². The minimum Gasteiger partial charge on any atom is -0.496 e. The highest BCUT2D eigenvalue weighted by atomic mass is 16.5. The number of carbonyl (C=O) groups is 2. The molecule has 4 atom stereocenters. The summed E-state index contributed by atoms with van der Waals surface area (Å²) < 4.78 is 17.4. The first kappa shape index (κ1) is 32.1. The van der Waals surface area contributed by atoms with Gasteiger partial charge in [-0.05, 0) is 61.1 Å². The Morgan fingerprint density at radius 3 is 2.58 bits per heavy atom. The van der Waals surface area contributed by atoms with E-state index in [4.69, 9.17) is 14.2 Å². The molecule has 4 N–H and O–H groups in total. The van der Waals surface area contributed by atoms with Crippen LogP contribution < -0.4 is 19.5 Å². The monoisotopic (exact) mass is 594 g/mol. The van der Waals surface area contributed by atoms with Crippen LogP contribution in [0, 0.1) is 0 Å². The van der Waals surface area contributed by atoms with Crippen molar-refractivity contribution < 1.29 is 39.1 Å². The third-order valence-electron chi connectivity index (χ3n) is 8.04. The van der Waals surface area contributed by atoms with Crippen LogP contribution in [0.3, 0.4) is 0 Å². The van der Waals surface area contributed by atoms with Crippen molar-refractivity contribution in [2.24, 2.45) is 0 Å². The molecule has 232 valence electrons. The van der Waals surface area contributed by atoms with Gasteiger partial charge >= 0.3 is 0 Å². The van der Waals surface area contributed by atoms with Gasteiger partial charge in [0.15, 0.2) is 11.5 Å². The van der Waals surface area contributed by atoms with Gasteiger partial charge in [0.2, 0.25) is 11.8 Å². The first-order chi connectivity index (χ1) is 20.9. The minimum atomic E-state index is -1.18. The molecule has 10 nitrogen and oxygen atoms in total. The predicted molar refractivity (Wildman–Crippen MR) is 161 cm³/mol. The molecule has 1 heterocycles. The number of aliphatic hydroxyl groups is 3. The highest BCUT2D eigenvalue weighted by molar-refractivity contribution is 5.96. The summed E-state index contributed by atoms with van der Waals surface area (Å²) in [6.45, 7) is 3.56. The van der Waals surface area contributed by atoms with E-state index in [9.17, 15) is 24.9 Å². The fourth-order valence-electron chi connectivity index (χ4n) is 5.92. The van der Waals surface area contributed by atoms with Crippen LogP contribution in [0.15, 0.2) is 60.7 Å². The van der Waals surface area contributed by atoms with E-state index in [2.05, 4.69) is 11.9 Å². The second-order valence-corrected chi connectivity index (χ2v) is 10.7. The lowest BCUT2D eigenvalue weighted by Gasteiger charge is -2.41. The third-order valence-corrected chi connectivity index (χ3v) is 8.04. The predicted octanol–water partition coefficient (Wildman–Crippen LogP) is 2.64.